The molecule has 0 unspecified atom stereocenters. The fourth-order valence-corrected chi connectivity index (χ4v) is 2.91. The molecule has 0 radical (unpaired) electrons. The molecule has 2 N–H and O–H groups in total. The number of hydrogen-bond acceptors (Lipinski definition) is 5. The molecule has 0 spiro atoms. The molecule has 23 heavy (non-hydrogen) atoms. The number of nitrogens with one attached hydrogen (secondary N) is 1. The van der Waals surface area contributed by atoms with Gasteiger partial charge in [-0.25, -0.2) is 4.98 Å². The average Bonchev–Trinajstić information content (AvgIpc) is 2.79. The number of aryl methyl sites for hydroxylation is 3. The number of carbonyl (C=O) groups excluding carboxylic acids is 1. The minimum absolute atomic E-state index is 0.0989. The van der Waals surface area contributed by atoms with Crippen molar-refractivity contribution < 1.29 is 19.4 Å². The summed E-state index contributed by atoms with van der Waals surface area (Å²) in [6.45, 7) is 5.46. The van der Waals surface area contributed by atoms with Crippen LogP contribution in [0.5, 0.6) is 5.75 Å². The van der Waals surface area contributed by atoms with Crippen LogP contribution in [-0.4, -0.2) is 28.6 Å². The van der Waals surface area contributed by atoms with E-state index in [9.17, 15) is 9.59 Å². The summed E-state index contributed by atoms with van der Waals surface area (Å²) in [6.07, 6.45) is -0.0989. The van der Waals surface area contributed by atoms with Gasteiger partial charge >= 0.3 is 5.97 Å². The number of thiazole rings is 1. The summed E-state index contributed by atoms with van der Waals surface area (Å²) in [5, 5.41) is 11.8. The first kappa shape index (κ1) is 17.0. The monoisotopic (exact) mass is 334 g/mol. The van der Waals surface area contributed by atoms with Crippen molar-refractivity contribution in [1.29, 1.82) is 0 Å². The highest BCUT2D eigenvalue weighted by molar-refractivity contribution is 7.16. The van der Waals surface area contributed by atoms with Crippen LogP contribution in [0, 0.1) is 20.8 Å². The molecule has 1 aromatic carbocycles. The summed E-state index contributed by atoms with van der Waals surface area (Å²) in [5.41, 5.74) is 2.63. The molecule has 0 bridgehead atoms. The molecule has 0 aliphatic heterocycles. The first-order valence-electron chi connectivity index (χ1n) is 7.03. The van der Waals surface area contributed by atoms with E-state index in [0.29, 0.717) is 21.5 Å². The number of amides is 1. The van der Waals surface area contributed by atoms with E-state index in [1.54, 1.807) is 6.92 Å². The smallest absolute Gasteiger partial charge is 0.308 e. The zero-order valence-electron chi connectivity index (χ0n) is 13.2. The Morgan fingerprint density at radius 2 is 2.04 bits per heavy atom. The van der Waals surface area contributed by atoms with E-state index < -0.39 is 5.97 Å². The van der Waals surface area contributed by atoms with Crippen molar-refractivity contribution >= 4 is 28.3 Å². The standard InChI is InChI=1S/C16H18N2O4S/c1-9-4-5-10(2)12(6-9)22-8-14(19)18-16-17-11(3)13(23-16)7-15(20)21/h4-6H,7-8H2,1-3H3,(H,20,21)(H,17,18,19). The van der Waals surface area contributed by atoms with Crippen LogP contribution in [0.15, 0.2) is 18.2 Å². The summed E-state index contributed by atoms with van der Waals surface area (Å²) < 4.78 is 5.52. The maximum Gasteiger partial charge on any atom is 0.308 e. The Kier molecular flexibility index (Phi) is 5.33. The molecular weight excluding hydrogens is 316 g/mol. The van der Waals surface area contributed by atoms with Crippen LogP contribution in [-0.2, 0) is 16.0 Å². The lowest BCUT2D eigenvalue weighted by molar-refractivity contribution is -0.136. The van der Waals surface area contributed by atoms with Crippen molar-refractivity contribution in [2.45, 2.75) is 27.2 Å². The number of carbonyl (C=O) groups is 2. The topological polar surface area (TPSA) is 88.5 Å². The Bertz CT molecular complexity index is 740. The van der Waals surface area contributed by atoms with Crippen molar-refractivity contribution in [3.05, 3.63) is 39.9 Å². The lowest BCUT2D eigenvalue weighted by Gasteiger charge is -2.09. The highest BCUT2D eigenvalue weighted by Crippen LogP contribution is 2.23. The Morgan fingerprint density at radius 3 is 2.74 bits per heavy atom. The van der Waals surface area contributed by atoms with Gasteiger partial charge in [0.25, 0.3) is 5.91 Å². The molecule has 122 valence electrons. The van der Waals surface area contributed by atoms with Crippen molar-refractivity contribution in [3.63, 3.8) is 0 Å². The summed E-state index contributed by atoms with van der Waals surface area (Å²) in [4.78, 5) is 27.5. The van der Waals surface area contributed by atoms with Gasteiger partial charge in [-0.2, -0.15) is 0 Å². The van der Waals surface area contributed by atoms with E-state index in [-0.39, 0.29) is 18.9 Å². The molecule has 1 amide bonds. The molecule has 2 rings (SSSR count). The molecule has 0 aliphatic rings. The van der Waals surface area contributed by atoms with Crippen molar-refractivity contribution in [2.75, 3.05) is 11.9 Å². The minimum Gasteiger partial charge on any atom is -0.483 e. The van der Waals surface area contributed by atoms with Crippen molar-refractivity contribution in [2.24, 2.45) is 0 Å². The first-order valence-corrected chi connectivity index (χ1v) is 7.85. The SMILES string of the molecule is Cc1ccc(C)c(OCC(=O)Nc2nc(C)c(CC(=O)O)s2)c1. The molecule has 0 aliphatic carbocycles. The van der Waals surface area contributed by atoms with E-state index in [4.69, 9.17) is 9.84 Å². The second-order valence-corrected chi connectivity index (χ2v) is 6.29. The molecule has 2 aromatic rings. The van der Waals surface area contributed by atoms with E-state index >= 15 is 0 Å². The van der Waals surface area contributed by atoms with Gasteiger partial charge in [0.15, 0.2) is 11.7 Å². The van der Waals surface area contributed by atoms with Gasteiger partial charge < -0.3 is 9.84 Å². The van der Waals surface area contributed by atoms with Gasteiger partial charge in [0.1, 0.15) is 5.75 Å². The number of nitrogens with zero attached hydrogens (tertiary/aromatic N) is 1. The van der Waals surface area contributed by atoms with Gasteiger partial charge in [-0.3, -0.25) is 14.9 Å². The predicted molar refractivity (Wildman–Crippen MR) is 88.2 cm³/mol. The number of aliphatic carboxylic acids is 1. The fraction of sp³-hybridized carbons (Fsp3) is 0.312. The summed E-state index contributed by atoms with van der Waals surface area (Å²) in [7, 11) is 0. The van der Waals surface area contributed by atoms with Crippen LogP contribution in [0.1, 0.15) is 21.7 Å². The molecule has 0 atom stereocenters. The molecule has 1 heterocycles. The number of hydrogen-bond donors (Lipinski definition) is 2. The summed E-state index contributed by atoms with van der Waals surface area (Å²) >= 11 is 1.16. The number of anilines is 1. The fourth-order valence-electron chi connectivity index (χ4n) is 1.94. The number of aromatic nitrogens is 1. The second kappa shape index (κ2) is 7.23. The Labute approximate surface area is 138 Å². The van der Waals surface area contributed by atoms with Gasteiger partial charge in [0, 0.05) is 4.88 Å². The minimum atomic E-state index is -0.923. The van der Waals surface area contributed by atoms with Gasteiger partial charge in [-0.05, 0) is 38.0 Å². The van der Waals surface area contributed by atoms with E-state index in [1.165, 1.54) is 0 Å². The second-order valence-electron chi connectivity index (χ2n) is 5.20. The predicted octanol–water partition coefficient (Wildman–Crippen LogP) is 2.71. The van der Waals surface area contributed by atoms with E-state index in [0.717, 1.165) is 22.5 Å². The highest BCUT2D eigenvalue weighted by atomic mass is 32.1. The quantitative estimate of drug-likeness (QED) is 0.848. The van der Waals surface area contributed by atoms with Crippen LogP contribution in [0.25, 0.3) is 0 Å². The zero-order chi connectivity index (χ0) is 17.0. The van der Waals surface area contributed by atoms with Crippen molar-refractivity contribution in [1.82, 2.24) is 4.98 Å². The van der Waals surface area contributed by atoms with Crippen LogP contribution >= 0.6 is 11.3 Å². The van der Waals surface area contributed by atoms with Crippen LogP contribution in [0.4, 0.5) is 5.13 Å². The van der Waals surface area contributed by atoms with Gasteiger partial charge in [-0.15, -0.1) is 11.3 Å². The number of rotatable bonds is 6. The normalized spacial score (nSPS) is 10.4. The van der Waals surface area contributed by atoms with Crippen LogP contribution in [0.2, 0.25) is 0 Å². The zero-order valence-corrected chi connectivity index (χ0v) is 14.0. The number of ether oxygens (including phenoxy) is 1. The Balaban J connectivity index is 1.94. The summed E-state index contributed by atoms with van der Waals surface area (Å²) in [5.74, 6) is -0.587. The van der Waals surface area contributed by atoms with E-state index in [2.05, 4.69) is 10.3 Å². The largest absolute Gasteiger partial charge is 0.483 e. The molecule has 7 heteroatoms. The molecule has 0 saturated heterocycles. The molecular formula is C16H18N2O4S. The van der Waals surface area contributed by atoms with E-state index in [1.807, 2.05) is 32.0 Å². The van der Waals surface area contributed by atoms with Crippen LogP contribution in [0.3, 0.4) is 0 Å². The van der Waals surface area contributed by atoms with Crippen molar-refractivity contribution in [3.8, 4) is 5.75 Å². The molecule has 6 nitrogen and oxygen atoms in total. The third-order valence-electron chi connectivity index (χ3n) is 3.15. The number of carboxylic acids is 1. The lowest BCUT2D eigenvalue weighted by atomic mass is 10.1. The maximum absolute atomic E-state index is 11.9. The number of benzene rings is 1. The highest BCUT2D eigenvalue weighted by Gasteiger charge is 2.13. The third-order valence-corrected chi connectivity index (χ3v) is 4.23. The van der Waals surface area contributed by atoms with Gasteiger partial charge in [0.05, 0.1) is 12.1 Å². The Hall–Kier alpha value is -2.41. The lowest BCUT2D eigenvalue weighted by Crippen LogP contribution is -2.20. The molecule has 0 fully saturated rings. The third kappa shape index (κ3) is 4.79. The van der Waals surface area contributed by atoms with Crippen LogP contribution < -0.4 is 10.1 Å². The first-order chi connectivity index (χ1) is 10.8. The van der Waals surface area contributed by atoms with Gasteiger partial charge in [0.2, 0.25) is 0 Å². The Morgan fingerprint density at radius 1 is 1.30 bits per heavy atom. The molecule has 0 saturated carbocycles. The molecule has 1 aromatic heterocycles. The maximum atomic E-state index is 11.9. The number of carboxylic acid groups (broad SMARTS) is 1. The average molecular weight is 334 g/mol. The summed E-state index contributed by atoms with van der Waals surface area (Å²) in [6, 6.07) is 5.79. The van der Waals surface area contributed by atoms with Gasteiger partial charge in [-0.1, -0.05) is 12.1 Å².